The van der Waals surface area contributed by atoms with Crippen molar-refractivity contribution >= 4 is 0 Å². The molecule has 1 saturated heterocycles. The van der Waals surface area contributed by atoms with Crippen LogP contribution in [0.2, 0.25) is 0 Å². The molecule has 1 aliphatic rings. The van der Waals surface area contributed by atoms with E-state index in [1.165, 1.54) is 0 Å². The van der Waals surface area contributed by atoms with Crippen LogP contribution in [0.3, 0.4) is 0 Å². The summed E-state index contributed by atoms with van der Waals surface area (Å²) >= 11 is 0. The molecule has 1 aliphatic heterocycles. The molecular weight excluding hydrogens is 414 g/mol. The fourth-order valence-electron chi connectivity index (χ4n) is 3.49. The monoisotopic (exact) mass is 449 g/mol. The molecule has 3 N–H and O–H groups in total. The number of rotatable bonds is 10. The van der Waals surface area contributed by atoms with E-state index >= 15 is 0 Å². The van der Waals surface area contributed by atoms with Crippen LogP contribution >= 0.6 is 0 Å². The summed E-state index contributed by atoms with van der Waals surface area (Å²) in [6, 6.07) is 17.9. The van der Waals surface area contributed by atoms with E-state index < -0.39 is 6.10 Å². The summed E-state index contributed by atoms with van der Waals surface area (Å²) < 4.78 is 17.4. The predicted octanol–water partition coefficient (Wildman–Crippen LogP) is 0.434. The van der Waals surface area contributed by atoms with Gasteiger partial charge in [-0.3, -0.25) is 0 Å². The van der Waals surface area contributed by atoms with Gasteiger partial charge in [-0.05, 0) is 30.2 Å². The molecule has 0 spiro atoms. The third-order valence-corrected chi connectivity index (χ3v) is 5.47. The van der Waals surface area contributed by atoms with Crippen molar-refractivity contribution in [3.63, 3.8) is 0 Å². The molecule has 2 atom stereocenters. The number of hydrogen-bond donors (Lipinski definition) is 2. The second kappa shape index (κ2) is 12.4. The average Bonchev–Trinajstić information content (AvgIpc) is 2.76. The topological polar surface area (TPSA) is 64.5 Å². The van der Waals surface area contributed by atoms with E-state index in [9.17, 15) is 5.11 Å². The van der Waals surface area contributed by atoms with Crippen molar-refractivity contribution < 1.29 is 37.0 Å². The fourth-order valence-corrected chi connectivity index (χ4v) is 3.49. The number of aliphatic hydroxyl groups excluding tert-OH is 1. The molecule has 0 aromatic heterocycles. The molecule has 2 unspecified atom stereocenters. The third-order valence-electron chi connectivity index (χ3n) is 5.47. The zero-order valence-corrected chi connectivity index (χ0v) is 19.6. The number of aliphatic hydroxyl groups is 1. The summed E-state index contributed by atoms with van der Waals surface area (Å²) in [5, 5.41) is 12.9. The lowest BCUT2D eigenvalue weighted by Crippen LogP contribution is -3.00. The highest BCUT2D eigenvalue weighted by molar-refractivity contribution is 5.29. The van der Waals surface area contributed by atoms with Gasteiger partial charge in [-0.2, -0.15) is 0 Å². The number of hydrogen-bond acceptors (Lipinski definition) is 4. The van der Waals surface area contributed by atoms with Gasteiger partial charge in [0, 0.05) is 18.3 Å². The number of quaternary nitrogens is 1. The quantitative estimate of drug-likeness (QED) is 0.516. The van der Waals surface area contributed by atoms with Crippen LogP contribution in [-0.2, 0) is 16.1 Å². The highest BCUT2D eigenvalue weighted by Crippen LogP contribution is 2.24. The average molecular weight is 450 g/mol. The Labute approximate surface area is 192 Å². The van der Waals surface area contributed by atoms with E-state index in [-0.39, 0.29) is 30.2 Å². The number of ether oxygens (including phenoxy) is 3. The zero-order valence-electron chi connectivity index (χ0n) is 18.8. The minimum absolute atomic E-state index is 0. The van der Waals surface area contributed by atoms with Crippen LogP contribution in [0.15, 0.2) is 54.6 Å². The van der Waals surface area contributed by atoms with Gasteiger partial charge in [0.1, 0.15) is 24.5 Å². The lowest BCUT2D eigenvalue weighted by molar-refractivity contribution is -0.694. The predicted molar refractivity (Wildman–Crippen MR) is 117 cm³/mol. The first kappa shape index (κ1) is 25.6. The van der Waals surface area contributed by atoms with Crippen LogP contribution in [0.1, 0.15) is 50.8 Å². The van der Waals surface area contributed by atoms with Crippen molar-refractivity contribution in [1.82, 2.24) is 0 Å². The zero-order chi connectivity index (χ0) is 21.4. The minimum Gasteiger partial charge on any atom is -1.00 e. The van der Waals surface area contributed by atoms with E-state index in [1.54, 1.807) is 0 Å². The Morgan fingerprint density at radius 1 is 1.06 bits per heavy atom. The van der Waals surface area contributed by atoms with Crippen LogP contribution in [0.5, 0.6) is 5.75 Å². The van der Waals surface area contributed by atoms with Crippen molar-refractivity contribution in [3.8, 4) is 5.75 Å². The first-order valence-electron chi connectivity index (χ1n) is 10.9. The van der Waals surface area contributed by atoms with Gasteiger partial charge in [0.25, 0.3) is 0 Å². The molecule has 2 aromatic carbocycles. The number of benzene rings is 2. The van der Waals surface area contributed by atoms with Gasteiger partial charge in [-0.15, -0.1) is 0 Å². The van der Waals surface area contributed by atoms with E-state index in [0.29, 0.717) is 6.61 Å². The molecule has 6 heteroatoms. The van der Waals surface area contributed by atoms with Crippen molar-refractivity contribution in [1.29, 1.82) is 0 Å². The first-order valence-corrected chi connectivity index (χ1v) is 10.9. The summed E-state index contributed by atoms with van der Waals surface area (Å²) in [6.45, 7) is 9.34. The highest BCUT2D eigenvalue weighted by atomic mass is 35.5. The van der Waals surface area contributed by atoms with E-state index in [0.717, 1.165) is 49.5 Å². The molecule has 0 amide bonds. The summed E-state index contributed by atoms with van der Waals surface area (Å²) in [5.41, 5.74) is 2.16. The lowest BCUT2D eigenvalue weighted by atomic mass is 9.95. The lowest BCUT2D eigenvalue weighted by Gasteiger charge is -2.34. The minimum atomic E-state index is -0.517. The SMILES string of the molecule is CC([NH2+]CCCC1OCC(C)(C)CO1)C(O)c1ccc(OCc2ccccc2)cc1.[Cl-]. The smallest absolute Gasteiger partial charge is 0.157 e. The van der Waals surface area contributed by atoms with Crippen LogP contribution in [0.25, 0.3) is 0 Å². The van der Waals surface area contributed by atoms with Crippen molar-refractivity contribution in [2.75, 3.05) is 19.8 Å². The number of halogens is 1. The second-order valence-corrected chi connectivity index (χ2v) is 9.03. The summed E-state index contributed by atoms with van der Waals surface area (Å²) in [4.78, 5) is 0. The van der Waals surface area contributed by atoms with Crippen LogP contribution in [0, 0.1) is 5.41 Å². The molecule has 0 radical (unpaired) electrons. The van der Waals surface area contributed by atoms with Gasteiger partial charge in [-0.1, -0.05) is 56.3 Å². The maximum atomic E-state index is 10.7. The molecule has 1 fully saturated rings. The summed E-state index contributed by atoms with van der Waals surface area (Å²) in [6.07, 6.45) is 1.28. The molecule has 3 rings (SSSR count). The Hall–Kier alpha value is -1.63. The Balaban J connectivity index is 0.00000341. The molecule has 0 saturated carbocycles. The van der Waals surface area contributed by atoms with E-state index in [2.05, 4.69) is 26.1 Å². The molecule has 2 aromatic rings. The standard InChI is InChI=1S/C25H35NO4.ClH/c1-19(26-15-7-10-23-29-17-25(2,3)18-30-23)24(27)21-11-13-22(14-12-21)28-16-20-8-5-4-6-9-20;/h4-6,8-9,11-14,19,23-24,26-27H,7,10,15-18H2,1-3H3;1H. The molecule has 0 aliphatic carbocycles. The molecule has 31 heavy (non-hydrogen) atoms. The summed E-state index contributed by atoms with van der Waals surface area (Å²) in [7, 11) is 0. The normalized spacial score (nSPS) is 18.1. The van der Waals surface area contributed by atoms with E-state index in [1.807, 2.05) is 54.6 Å². The van der Waals surface area contributed by atoms with Gasteiger partial charge in [0.15, 0.2) is 6.29 Å². The Morgan fingerprint density at radius 2 is 1.71 bits per heavy atom. The largest absolute Gasteiger partial charge is 1.00 e. The van der Waals surface area contributed by atoms with Crippen LogP contribution in [-0.4, -0.2) is 37.2 Å². The molecule has 172 valence electrons. The van der Waals surface area contributed by atoms with Gasteiger partial charge in [0.2, 0.25) is 0 Å². The maximum absolute atomic E-state index is 10.7. The van der Waals surface area contributed by atoms with E-state index in [4.69, 9.17) is 14.2 Å². The molecule has 5 nitrogen and oxygen atoms in total. The first-order chi connectivity index (χ1) is 14.4. The van der Waals surface area contributed by atoms with Crippen molar-refractivity contribution in [2.24, 2.45) is 5.41 Å². The molecular formula is C25H36ClNO4. The third kappa shape index (κ3) is 8.43. The Bertz CT molecular complexity index is 744. The fraction of sp³-hybridized carbons (Fsp3) is 0.520. The second-order valence-electron chi connectivity index (χ2n) is 9.03. The number of nitrogens with two attached hydrogens (primary N) is 1. The van der Waals surface area contributed by atoms with Gasteiger partial charge < -0.3 is 37.0 Å². The Kier molecular flexibility index (Phi) is 10.3. The molecule has 1 heterocycles. The Morgan fingerprint density at radius 3 is 2.35 bits per heavy atom. The van der Waals surface area contributed by atoms with Crippen molar-refractivity contribution in [3.05, 3.63) is 65.7 Å². The van der Waals surface area contributed by atoms with Gasteiger partial charge >= 0.3 is 0 Å². The maximum Gasteiger partial charge on any atom is 0.157 e. The van der Waals surface area contributed by atoms with Crippen molar-refractivity contribution in [2.45, 2.75) is 58.7 Å². The van der Waals surface area contributed by atoms with Crippen LogP contribution in [0.4, 0.5) is 0 Å². The van der Waals surface area contributed by atoms with Gasteiger partial charge in [0.05, 0.1) is 19.8 Å². The van der Waals surface area contributed by atoms with Gasteiger partial charge in [-0.25, -0.2) is 0 Å². The summed E-state index contributed by atoms with van der Waals surface area (Å²) in [5.74, 6) is 0.807. The molecule has 0 bridgehead atoms. The highest BCUT2D eigenvalue weighted by Gasteiger charge is 2.28. The van der Waals surface area contributed by atoms with Crippen LogP contribution < -0.4 is 22.5 Å².